The molecule has 2 aromatic rings. The number of carbonyl (C=O) groups excluding carboxylic acids is 1. The van der Waals surface area contributed by atoms with E-state index in [1.165, 1.54) is 70.3 Å². The number of halogens is 4. The number of hydrogen-bond donors (Lipinski definition) is 1. The van der Waals surface area contributed by atoms with Crippen molar-refractivity contribution < 1.29 is 22.7 Å². The van der Waals surface area contributed by atoms with Gasteiger partial charge in [0, 0.05) is 5.69 Å². The summed E-state index contributed by atoms with van der Waals surface area (Å²) in [6.07, 6.45) is 13.3. The van der Waals surface area contributed by atoms with Gasteiger partial charge in [0.1, 0.15) is 5.75 Å². The van der Waals surface area contributed by atoms with Crippen LogP contribution in [0.5, 0.6) is 5.75 Å². The minimum atomic E-state index is -4.61. The molecule has 0 aliphatic rings. The number of carbonyl (C=O) groups is 1. The zero-order valence-electron chi connectivity index (χ0n) is 23.6. The zero-order valence-corrected chi connectivity index (χ0v) is 24.4. The summed E-state index contributed by atoms with van der Waals surface area (Å²) < 4.78 is 45.7. The number of anilines is 1. The lowest BCUT2D eigenvalue weighted by molar-refractivity contribution is -0.137. The van der Waals surface area contributed by atoms with E-state index in [4.69, 9.17) is 16.3 Å². The summed E-state index contributed by atoms with van der Waals surface area (Å²) in [5.74, 6) is -0.0339. The highest BCUT2D eigenvalue weighted by Gasteiger charge is 2.33. The predicted molar refractivity (Wildman–Crippen MR) is 156 cm³/mol. The summed E-state index contributed by atoms with van der Waals surface area (Å²) in [4.78, 5) is 13.3. The maximum absolute atomic E-state index is 13.3. The van der Waals surface area contributed by atoms with Gasteiger partial charge in [-0.15, -0.1) is 0 Å². The van der Waals surface area contributed by atoms with Crippen molar-refractivity contribution in [3.8, 4) is 5.75 Å². The molecule has 1 N–H and O–H groups in total. The topological polar surface area (TPSA) is 38.3 Å². The fourth-order valence-corrected chi connectivity index (χ4v) is 4.95. The molecule has 2 aromatic carbocycles. The Morgan fingerprint density at radius 3 is 1.97 bits per heavy atom. The van der Waals surface area contributed by atoms with E-state index >= 15 is 0 Å². The molecule has 0 saturated heterocycles. The van der Waals surface area contributed by atoms with E-state index in [0.29, 0.717) is 24.3 Å². The van der Waals surface area contributed by atoms with Gasteiger partial charge in [-0.25, -0.2) is 0 Å². The number of rotatable bonds is 19. The molecule has 2 rings (SSSR count). The lowest BCUT2D eigenvalue weighted by Crippen LogP contribution is -2.17. The number of alkyl halides is 3. The third kappa shape index (κ3) is 12.2. The molecular weight excluding hydrogens is 523 g/mol. The first-order valence-electron chi connectivity index (χ1n) is 14.7. The average Bonchev–Trinajstić information content (AvgIpc) is 2.90. The summed E-state index contributed by atoms with van der Waals surface area (Å²) in [7, 11) is 0. The number of nitrogens with one attached hydrogen (secondary N) is 1. The van der Waals surface area contributed by atoms with Gasteiger partial charge in [-0.1, -0.05) is 115 Å². The normalized spacial score (nSPS) is 11.5. The van der Waals surface area contributed by atoms with Crippen molar-refractivity contribution in [2.75, 3.05) is 11.9 Å². The van der Waals surface area contributed by atoms with Gasteiger partial charge in [-0.05, 0) is 49.1 Å². The molecular formula is C32H45ClF3NO2. The van der Waals surface area contributed by atoms with Crippen LogP contribution in [0.25, 0.3) is 0 Å². The number of hydrogen-bond acceptors (Lipinski definition) is 2. The van der Waals surface area contributed by atoms with Crippen LogP contribution in [0.1, 0.15) is 125 Å². The minimum absolute atomic E-state index is 0.0360. The third-order valence-electron chi connectivity index (χ3n) is 6.88. The van der Waals surface area contributed by atoms with Crippen LogP contribution in [0.3, 0.4) is 0 Å². The van der Waals surface area contributed by atoms with Gasteiger partial charge < -0.3 is 10.1 Å². The van der Waals surface area contributed by atoms with E-state index in [0.717, 1.165) is 43.4 Å². The van der Waals surface area contributed by atoms with Crippen LogP contribution >= 0.6 is 11.6 Å². The Kier molecular flexibility index (Phi) is 15.4. The van der Waals surface area contributed by atoms with E-state index in [9.17, 15) is 18.0 Å². The molecule has 0 aromatic heterocycles. The van der Waals surface area contributed by atoms with Gasteiger partial charge in [0.25, 0.3) is 5.91 Å². The number of unbranched alkanes of at least 4 members (excludes halogenated alkanes) is 12. The first kappa shape index (κ1) is 33.0. The van der Waals surface area contributed by atoms with Crippen molar-refractivity contribution in [2.45, 2.75) is 116 Å². The van der Waals surface area contributed by atoms with Crippen LogP contribution in [0.2, 0.25) is 5.02 Å². The van der Waals surface area contributed by atoms with Crippen LogP contribution in [0.15, 0.2) is 36.4 Å². The molecule has 0 atom stereocenters. The highest BCUT2D eigenvalue weighted by molar-refractivity contribution is 6.31. The molecule has 218 valence electrons. The average molecular weight is 568 g/mol. The Balaban J connectivity index is 1.91. The van der Waals surface area contributed by atoms with E-state index in [1.54, 1.807) is 6.07 Å². The van der Waals surface area contributed by atoms with Crippen LogP contribution in [-0.4, -0.2) is 12.5 Å². The second-order valence-electron chi connectivity index (χ2n) is 10.3. The Morgan fingerprint density at radius 1 is 0.821 bits per heavy atom. The Bertz CT molecular complexity index is 994. The molecule has 0 unspecified atom stereocenters. The fraction of sp³-hybridized carbons (Fsp3) is 0.594. The van der Waals surface area contributed by atoms with Gasteiger partial charge >= 0.3 is 6.18 Å². The number of amides is 1. The monoisotopic (exact) mass is 567 g/mol. The van der Waals surface area contributed by atoms with E-state index in [-0.39, 0.29) is 5.69 Å². The van der Waals surface area contributed by atoms with Crippen LogP contribution in [-0.2, 0) is 12.6 Å². The number of benzene rings is 2. The molecule has 0 radical (unpaired) electrons. The molecule has 0 bridgehead atoms. The highest BCUT2D eigenvalue weighted by Crippen LogP contribution is 2.36. The van der Waals surface area contributed by atoms with Crippen LogP contribution in [0.4, 0.5) is 18.9 Å². The van der Waals surface area contributed by atoms with Gasteiger partial charge in [-0.3, -0.25) is 4.79 Å². The standard InChI is InChI=1S/C32H45ClF3NO2/c1-3-5-6-7-8-9-10-11-12-13-14-15-16-18-25-19-17-20-29(39-23-4-2)30(25)31(38)37-26-21-22-28(33)27(24-26)32(34,35)36/h17,19-22,24H,3-16,18,23H2,1-2H3,(H,37,38). The van der Waals surface area contributed by atoms with Crippen molar-refractivity contribution in [2.24, 2.45) is 0 Å². The van der Waals surface area contributed by atoms with Gasteiger partial charge in [-0.2, -0.15) is 13.2 Å². The lowest BCUT2D eigenvalue weighted by Gasteiger charge is -2.16. The first-order chi connectivity index (χ1) is 18.8. The van der Waals surface area contributed by atoms with E-state index in [2.05, 4.69) is 12.2 Å². The summed E-state index contributed by atoms with van der Waals surface area (Å²) in [5.41, 5.74) is 0.279. The number of ether oxygens (including phenoxy) is 1. The second kappa shape index (κ2) is 18.2. The van der Waals surface area contributed by atoms with E-state index < -0.39 is 22.7 Å². The SMILES string of the molecule is CCCCCCCCCCCCCCCc1cccc(OCCC)c1C(=O)Nc1ccc(Cl)c(C(F)(F)F)c1. The van der Waals surface area contributed by atoms with E-state index in [1.807, 2.05) is 19.1 Å². The molecule has 0 aliphatic carbocycles. The van der Waals surface area contributed by atoms with Crippen molar-refractivity contribution in [1.82, 2.24) is 0 Å². The summed E-state index contributed by atoms with van der Waals surface area (Å²) in [6, 6.07) is 8.88. The molecule has 1 amide bonds. The van der Waals surface area contributed by atoms with Crippen LogP contribution < -0.4 is 10.1 Å². The molecule has 7 heteroatoms. The number of aryl methyl sites for hydroxylation is 1. The maximum atomic E-state index is 13.3. The maximum Gasteiger partial charge on any atom is 0.417 e. The highest BCUT2D eigenvalue weighted by atomic mass is 35.5. The molecule has 3 nitrogen and oxygen atoms in total. The molecule has 0 aliphatic heterocycles. The van der Waals surface area contributed by atoms with Crippen LogP contribution in [0, 0.1) is 0 Å². The van der Waals surface area contributed by atoms with Gasteiger partial charge in [0.05, 0.1) is 22.8 Å². The van der Waals surface area contributed by atoms with Gasteiger partial charge in [0.2, 0.25) is 0 Å². The van der Waals surface area contributed by atoms with Crippen molar-refractivity contribution in [3.05, 3.63) is 58.1 Å². The smallest absolute Gasteiger partial charge is 0.417 e. The second-order valence-corrected chi connectivity index (χ2v) is 10.7. The summed E-state index contributed by atoms with van der Waals surface area (Å²) in [6.45, 7) is 4.67. The lowest BCUT2D eigenvalue weighted by atomic mass is 9.98. The van der Waals surface area contributed by atoms with Gasteiger partial charge in [0.15, 0.2) is 0 Å². The largest absolute Gasteiger partial charge is 0.493 e. The molecule has 39 heavy (non-hydrogen) atoms. The Hall–Kier alpha value is -2.21. The van der Waals surface area contributed by atoms with Crippen molar-refractivity contribution >= 4 is 23.2 Å². The molecule has 0 saturated carbocycles. The fourth-order valence-electron chi connectivity index (χ4n) is 4.72. The first-order valence-corrected chi connectivity index (χ1v) is 15.1. The molecule has 0 fully saturated rings. The summed E-state index contributed by atoms with van der Waals surface area (Å²) in [5, 5.41) is 2.22. The minimum Gasteiger partial charge on any atom is -0.493 e. The quantitative estimate of drug-likeness (QED) is 0.171. The molecule has 0 spiro atoms. The Morgan fingerprint density at radius 2 is 1.41 bits per heavy atom. The predicted octanol–water partition coefficient (Wildman–Crippen LogP) is 11.0. The summed E-state index contributed by atoms with van der Waals surface area (Å²) >= 11 is 5.74. The molecule has 0 heterocycles. The zero-order chi connectivity index (χ0) is 28.5. The van der Waals surface area contributed by atoms with Crippen molar-refractivity contribution in [3.63, 3.8) is 0 Å². The third-order valence-corrected chi connectivity index (χ3v) is 7.21. The van der Waals surface area contributed by atoms with Crippen molar-refractivity contribution in [1.29, 1.82) is 0 Å². The Labute approximate surface area is 237 Å².